The molecule has 0 saturated carbocycles. The Labute approximate surface area is 393 Å². The summed E-state index contributed by atoms with van der Waals surface area (Å²) >= 11 is 1.39. The van der Waals surface area contributed by atoms with Crippen LogP contribution in [0.5, 0.6) is 0 Å². The van der Waals surface area contributed by atoms with E-state index in [0.717, 1.165) is 16.0 Å². The average molecular weight is 928 g/mol. The second-order valence-electron chi connectivity index (χ2n) is 16.5. The number of nitrogens with two attached hydrogens (primary N) is 1. The maximum atomic E-state index is 14.7. The van der Waals surface area contributed by atoms with Crippen molar-refractivity contribution < 1.29 is 38.7 Å². The molecule has 3 heterocycles. The number of amides is 6. The van der Waals surface area contributed by atoms with Crippen molar-refractivity contribution in [3.63, 3.8) is 0 Å². The van der Waals surface area contributed by atoms with E-state index in [1.54, 1.807) is 48.5 Å². The van der Waals surface area contributed by atoms with Gasteiger partial charge in [0, 0.05) is 49.1 Å². The first-order valence-corrected chi connectivity index (χ1v) is 23.3. The van der Waals surface area contributed by atoms with E-state index in [9.17, 15) is 38.7 Å². The number of carboxylic acid groups (broad SMARTS) is 1. The zero-order valence-electron chi connectivity index (χ0n) is 37.1. The van der Waals surface area contributed by atoms with Crippen molar-refractivity contribution in [2.45, 2.75) is 94.4 Å². The number of anilines is 1. The first kappa shape index (κ1) is 49.3. The van der Waals surface area contributed by atoms with E-state index in [0.29, 0.717) is 48.2 Å². The van der Waals surface area contributed by atoms with Gasteiger partial charge >= 0.3 is 5.97 Å². The summed E-state index contributed by atoms with van der Waals surface area (Å²) in [6.45, 7) is 0.448. The number of hydrogen-bond acceptors (Lipinski definition) is 9. The summed E-state index contributed by atoms with van der Waals surface area (Å²) < 4.78 is 0. The van der Waals surface area contributed by atoms with Crippen LogP contribution in [0, 0.1) is 0 Å². The lowest BCUT2D eigenvalue weighted by Crippen LogP contribution is -2.60. The minimum absolute atomic E-state index is 0.00509. The largest absolute Gasteiger partial charge is 0.480 e. The predicted molar refractivity (Wildman–Crippen MR) is 257 cm³/mol. The molecule has 5 atom stereocenters. The standard InChI is InChI=1S/C51H57N7O8S/c52-27-9-3-8-16-40(51(65)66)55-47(61)42-31-35-19-23-38(24-20-35)53-45(59)25-26-46(60)54-44(32-39-15-10-28-67-39)50(64)58-43(30-34-17-21-37(22-18-34)36-13-6-2-7-14-36)49(63)56-41(48(62)57-42)29-33-11-4-1-5-12-33/h1-2,4-7,10-15,17-24,28,40-44H,3,8-9,16,25-27,29-32,52H2,(H,53,59)(H,54,60)(H,55,61)(H,56,63)(H,57,62)(H,58,64)(H,65,66)/t40-,41+,42-,43-,44?/m0/s1. The third-order valence-electron chi connectivity index (χ3n) is 11.4. The molecule has 2 aliphatic rings. The molecule has 7 rings (SSSR count). The van der Waals surface area contributed by atoms with E-state index in [-0.39, 0.29) is 44.9 Å². The van der Waals surface area contributed by atoms with Crippen LogP contribution >= 0.6 is 11.3 Å². The van der Waals surface area contributed by atoms with Crippen LogP contribution in [-0.4, -0.2) is 83.3 Å². The van der Waals surface area contributed by atoms with Crippen LogP contribution in [-0.2, 0) is 59.2 Å². The summed E-state index contributed by atoms with van der Waals surface area (Å²) in [5.74, 6) is -5.09. The van der Waals surface area contributed by atoms with Gasteiger partial charge in [0.2, 0.25) is 35.4 Å². The van der Waals surface area contributed by atoms with Crippen molar-refractivity contribution in [1.82, 2.24) is 26.6 Å². The summed E-state index contributed by atoms with van der Waals surface area (Å²) in [6.07, 6.45) is 1.58. The van der Waals surface area contributed by atoms with Crippen molar-refractivity contribution >= 4 is 58.4 Å². The first-order valence-electron chi connectivity index (χ1n) is 22.5. The van der Waals surface area contributed by atoms with Crippen LogP contribution in [0.25, 0.3) is 11.1 Å². The van der Waals surface area contributed by atoms with E-state index in [2.05, 4.69) is 31.9 Å². The average Bonchev–Trinajstić information content (AvgIpc) is 3.85. The van der Waals surface area contributed by atoms with Gasteiger partial charge in [0.25, 0.3) is 0 Å². The molecule has 0 saturated heterocycles. The molecular formula is C51H57N7O8S. The molecule has 0 spiro atoms. The lowest BCUT2D eigenvalue weighted by Gasteiger charge is -2.27. The number of carbonyl (C=O) groups is 7. The molecule has 0 radical (unpaired) electrons. The van der Waals surface area contributed by atoms with E-state index >= 15 is 0 Å². The summed E-state index contributed by atoms with van der Waals surface area (Å²) in [7, 11) is 0. The van der Waals surface area contributed by atoms with Gasteiger partial charge < -0.3 is 42.7 Å². The number of unbranched alkanes of at least 4 members (excludes halogenated alkanes) is 2. The molecule has 4 aromatic carbocycles. The van der Waals surface area contributed by atoms with Crippen LogP contribution < -0.4 is 37.6 Å². The Balaban J connectivity index is 1.35. The monoisotopic (exact) mass is 927 g/mol. The number of carboxylic acids is 1. The van der Waals surface area contributed by atoms with Gasteiger partial charge in [0.05, 0.1) is 0 Å². The van der Waals surface area contributed by atoms with Crippen molar-refractivity contribution in [2.75, 3.05) is 11.9 Å². The second-order valence-corrected chi connectivity index (χ2v) is 17.6. The highest BCUT2D eigenvalue weighted by molar-refractivity contribution is 7.09. The highest BCUT2D eigenvalue weighted by Crippen LogP contribution is 2.21. The van der Waals surface area contributed by atoms with Crippen LogP contribution in [0.1, 0.15) is 60.1 Å². The number of rotatable bonds is 15. The smallest absolute Gasteiger partial charge is 0.326 e. The molecule has 15 nitrogen and oxygen atoms in total. The molecule has 5 aromatic rings. The Bertz CT molecular complexity index is 2430. The minimum atomic E-state index is -1.31. The van der Waals surface area contributed by atoms with Crippen molar-refractivity contribution in [2.24, 2.45) is 5.73 Å². The third-order valence-corrected chi connectivity index (χ3v) is 12.3. The van der Waals surface area contributed by atoms with Crippen LogP contribution in [0.2, 0.25) is 0 Å². The Morgan fingerprint density at radius 1 is 0.627 bits per heavy atom. The maximum absolute atomic E-state index is 14.7. The lowest BCUT2D eigenvalue weighted by atomic mass is 9.99. The minimum Gasteiger partial charge on any atom is -0.480 e. The number of hydrogen-bond donors (Lipinski definition) is 8. The fourth-order valence-electron chi connectivity index (χ4n) is 7.71. The molecule has 1 unspecified atom stereocenters. The number of fused-ring (bicyclic) bond motifs is 18. The normalized spacial score (nSPS) is 19.1. The predicted octanol–water partition coefficient (Wildman–Crippen LogP) is 4.45. The quantitative estimate of drug-likeness (QED) is 0.0547. The Morgan fingerprint density at radius 3 is 1.82 bits per heavy atom. The third kappa shape index (κ3) is 15.5. The molecule has 1 aromatic heterocycles. The Morgan fingerprint density at radius 2 is 1.21 bits per heavy atom. The van der Waals surface area contributed by atoms with E-state index < -0.39 is 71.6 Å². The Kier molecular flexibility index (Phi) is 18.3. The summed E-state index contributed by atoms with van der Waals surface area (Å²) in [5, 5.41) is 28.6. The van der Waals surface area contributed by atoms with Crippen LogP contribution in [0.4, 0.5) is 5.69 Å². The molecule has 0 aliphatic carbocycles. The lowest BCUT2D eigenvalue weighted by molar-refractivity contribution is -0.142. The SMILES string of the molecule is NCCCCC[C@H](NC(=O)[C@@H]1Cc2ccc(cc2)NC(=O)CCC(=O)NC(Cc2cccs2)C(=O)N[C@@H](Cc2ccc(-c3ccccc3)cc2)C(=O)N[C@H](Cc2ccccc2)C(=O)N1)C(=O)O. The van der Waals surface area contributed by atoms with Crippen molar-refractivity contribution in [3.8, 4) is 11.1 Å². The number of carbonyl (C=O) groups excluding carboxylic acids is 6. The molecule has 2 bridgehead atoms. The van der Waals surface area contributed by atoms with Crippen molar-refractivity contribution in [1.29, 1.82) is 0 Å². The number of benzene rings is 4. The topological polar surface area (TPSA) is 238 Å². The van der Waals surface area contributed by atoms with Gasteiger partial charge in [0.15, 0.2) is 0 Å². The molecule has 67 heavy (non-hydrogen) atoms. The van der Waals surface area contributed by atoms with Crippen LogP contribution in [0.15, 0.2) is 127 Å². The second kappa shape index (κ2) is 24.9. The molecule has 350 valence electrons. The fraction of sp³-hybridized carbons (Fsp3) is 0.314. The summed E-state index contributed by atoms with van der Waals surface area (Å²) in [4.78, 5) is 97.3. The zero-order valence-corrected chi connectivity index (χ0v) is 37.9. The highest BCUT2D eigenvalue weighted by Gasteiger charge is 2.33. The van der Waals surface area contributed by atoms with Gasteiger partial charge in [-0.3, -0.25) is 28.8 Å². The molecule has 2 aliphatic heterocycles. The first-order chi connectivity index (χ1) is 32.4. The van der Waals surface area contributed by atoms with Gasteiger partial charge in [-0.2, -0.15) is 0 Å². The maximum Gasteiger partial charge on any atom is 0.326 e. The summed E-state index contributed by atoms with van der Waals surface area (Å²) in [5.41, 5.74) is 9.91. The molecule has 0 fully saturated rings. The van der Waals surface area contributed by atoms with Crippen LogP contribution in [0.3, 0.4) is 0 Å². The molecular weight excluding hydrogens is 871 g/mol. The fourth-order valence-corrected chi connectivity index (χ4v) is 8.46. The molecule has 16 heteroatoms. The van der Waals surface area contributed by atoms with E-state index in [1.165, 1.54) is 11.3 Å². The molecule has 9 N–H and O–H groups in total. The number of thiophene rings is 1. The molecule has 6 amide bonds. The van der Waals surface area contributed by atoms with E-state index in [1.807, 2.05) is 78.2 Å². The highest BCUT2D eigenvalue weighted by atomic mass is 32.1. The van der Waals surface area contributed by atoms with Gasteiger partial charge in [-0.1, -0.05) is 116 Å². The summed E-state index contributed by atoms with van der Waals surface area (Å²) in [6, 6.07) is 30.2. The zero-order chi connectivity index (χ0) is 47.5. The van der Waals surface area contributed by atoms with Gasteiger partial charge in [-0.05, 0) is 70.8 Å². The number of aliphatic carboxylic acids is 1. The van der Waals surface area contributed by atoms with E-state index in [4.69, 9.17) is 5.73 Å². The Hall–Kier alpha value is -7.17. The van der Waals surface area contributed by atoms with Gasteiger partial charge in [-0.25, -0.2) is 4.79 Å². The van der Waals surface area contributed by atoms with Crippen molar-refractivity contribution in [3.05, 3.63) is 148 Å². The van der Waals surface area contributed by atoms with Gasteiger partial charge in [0.1, 0.15) is 30.2 Å². The van der Waals surface area contributed by atoms with Gasteiger partial charge in [-0.15, -0.1) is 11.3 Å². The number of nitrogens with one attached hydrogen (secondary N) is 6.